The standard InChI is InChI=1S/C60H42S/c1-59(2)50-23-13-11-16-39(50)47-31-37(29-30-52(47)59)57-44-21-9-7-19-42(44)56(43-20-8-10-22-45(43)57)36-27-25-35(26-28-36)46-33-55-58(41-18-6-5-15-38(41)46)49-32-48-40-17-12-14-24-51(40)60(3,4)53(48)34-54(49)61-55/h5-34H,1-4H3. The van der Waals surface area contributed by atoms with Gasteiger partial charge in [0.25, 0.3) is 0 Å². The van der Waals surface area contributed by atoms with Crippen LogP contribution in [-0.4, -0.2) is 0 Å². The lowest BCUT2D eigenvalue weighted by molar-refractivity contribution is 0.660. The van der Waals surface area contributed by atoms with Gasteiger partial charge in [-0.1, -0.05) is 185 Å². The van der Waals surface area contributed by atoms with Gasteiger partial charge in [-0.25, -0.2) is 0 Å². The second-order valence-corrected chi connectivity index (χ2v) is 19.4. The summed E-state index contributed by atoms with van der Waals surface area (Å²) in [6.07, 6.45) is 0. The van der Waals surface area contributed by atoms with E-state index in [-0.39, 0.29) is 10.8 Å². The van der Waals surface area contributed by atoms with Gasteiger partial charge >= 0.3 is 0 Å². The van der Waals surface area contributed by atoms with Gasteiger partial charge in [0.1, 0.15) is 0 Å². The second-order valence-electron chi connectivity index (χ2n) is 18.4. The maximum atomic E-state index is 2.49. The Labute approximate surface area is 360 Å². The van der Waals surface area contributed by atoms with Gasteiger partial charge < -0.3 is 0 Å². The van der Waals surface area contributed by atoms with Crippen LogP contribution in [0.2, 0.25) is 0 Å². The van der Waals surface area contributed by atoms with Gasteiger partial charge in [0, 0.05) is 31.0 Å². The second kappa shape index (κ2) is 12.4. The highest BCUT2D eigenvalue weighted by molar-refractivity contribution is 7.26. The lowest BCUT2D eigenvalue weighted by Crippen LogP contribution is -2.14. The molecule has 0 saturated carbocycles. The zero-order valence-corrected chi connectivity index (χ0v) is 35.5. The molecule has 0 amide bonds. The average Bonchev–Trinajstić information content (AvgIpc) is 3.86. The summed E-state index contributed by atoms with van der Waals surface area (Å²) in [4.78, 5) is 0. The van der Waals surface area contributed by atoms with Crippen molar-refractivity contribution in [2.75, 3.05) is 0 Å². The van der Waals surface area contributed by atoms with E-state index >= 15 is 0 Å². The van der Waals surface area contributed by atoms with E-state index in [1.165, 1.54) is 130 Å². The number of rotatable bonds is 3. The first-order chi connectivity index (χ1) is 29.8. The normalized spacial score (nSPS) is 14.5. The summed E-state index contributed by atoms with van der Waals surface area (Å²) in [7, 11) is 0. The van der Waals surface area contributed by atoms with Crippen LogP contribution in [0.5, 0.6) is 0 Å². The molecule has 0 aliphatic heterocycles. The van der Waals surface area contributed by atoms with Gasteiger partial charge in [0.2, 0.25) is 0 Å². The molecule has 0 nitrogen and oxygen atoms in total. The Kier molecular flexibility index (Phi) is 7.11. The van der Waals surface area contributed by atoms with Crippen molar-refractivity contribution in [1.29, 1.82) is 0 Å². The van der Waals surface area contributed by atoms with Crippen molar-refractivity contribution >= 4 is 63.8 Å². The third kappa shape index (κ3) is 4.76. The van der Waals surface area contributed by atoms with Gasteiger partial charge in [-0.15, -0.1) is 11.3 Å². The molecule has 10 aromatic carbocycles. The smallest absolute Gasteiger partial charge is 0.0368 e. The zero-order chi connectivity index (χ0) is 40.8. The Morgan fingerprint density at radius 3 is 1.38 bits per heavy atom. The molecule has 1 aromatic heterocycles. The Morgan fingerprint density at radius 2 is 0.754 bits per heavy atom. The molecule has 0 atom stereocenters. The number of hydrogen-bond donors (Lipinski definition) is 0. The van der Waals surface area contributed by atoms with Crippen LogP contribution in [0.25, 0.3) is 108 Å². The molecule has 1 heterocycles. The topological polar surface area (TPSA) is 0 Å². The highest BCUT2D eigenvalue weighted by atomic mass is 32.1. The van der Waals surface area contributed by atoms with E-state index in [1.807, 2.05) is 11.3 Å². The highest BCUT2D eigenvalue weighted by Gasteiger charge is 2.37. The van der Waals surface area contributed by atoms with E-state index in [9.17, 15) is 0 Å². The van der Waals surface area contributed by atoms with Crippen molar-refractivity contribution in [3.05, 3.63) is 204 Å². The lowest BCUT2D eigenvalue weighted by atomic mass is 9.81. The van der Waals surface area contributed by atoms with Crippen LogP contribution in [0, 0.1) is 0 Å². The fourth-order valence-electron chi connectivity index (χ4n) is 11.5. The Balaban J connectivity index is 0.965. The monoisotopic (exact) mass is 794 g/mol. The minimum Gasteiger partial charge on any atom is -0.135 e. The van der Waals surface area contributed by atoms with Crippen molar-refractivity contribution in [3.8, 4) is 55.6 Å². The maximum absolute atomic E-state index is 2.49. The van der Waals surface area contributed by atoms with Crippen LogP contribution in [-0.2, 0) is 10.8 Å². The van der Waals surface area contributed by atoms with E-state index in [4.69, 9.17) is 0 Å². The van der Waals surface area contributed by atoms with E-state index < -0.39 is 0 Å². The van der Waals surface area contributed by atoms with E-state index in [1.54, 1.807) is 0 Å². The van der Waals surface area contributed by atoms with Crippen molar-refractivity contribution in [3.63, 3.8) is 0 Å². The molecular formula is C60H42S. The third-order valence-electron chi connectivity index (χ3n) is 14.5. The Morgan fingerprint density at radius 1 is 0.295 bits per heavy atom. The molecule has 11 aromatic rings. The lowest BCUT2D eigenvalue weighted by Gasteiger charge is -2.22. The largest absolute Gasteiger partial charge is 0.135 e. The first-order valence-electron chi connectivity index (χ1n) is 21.6. The summed E-state index contributed by atoms with van der Waals surface area (Å²) in [6.45, 7) is 9.47. The first kappa shape index (κ1) is 35.0. The van der Waals surface area contributed by atoms with Crippen LogP contribution in [0.15, 0.2) is 182 Å². The Bertz CT molecular complexity index is 3630. The van der Waals surface area contributed by atoms with Crippen molar-refractivity contribution in [2.45, 2.75) is 38.5 Å². The summed E-state index contributed by atoms with van der Waals surface area (Å²) in [5, 5.41) is 10.5. The van der Waals surface area contributed by atoms with E-state index in [0.717, 1.165) is 0 Å². The molecule has 2 aliphatic rings. The fraction of sp³-hybridized carbons (Fsp3) is 0.100. The minimum atomic E-state index is -0.0223. The third-order valence-corrected chi connectivity index (χ3v) is 15.6. The number of benzene rings is 10. The molecule has 0 saturated heterocycles. The molecule has 288 valence electrons. The molecule has 61 heavy (non-hydrogen) atoms. The molecule has 1 heteroatoms. The molecule has 0 radical (unpaired) electrons. The summed E-state index contributed by atoms with van der Waals surface area (Å²) < 4.78 is 2.71. The van der Waals surface area contributed by atoms with E-state index in [2.05, 4.69) is 210 Å². The average molecular weight is 795 g/mol. The SMILES string of the molecule is CC1(C)c2ccccc2-c2cc(-c3c4ccccc4c(-c4ccc(-c5cc6sc7cc8c(cc7c6c6ccccc56)-c5ccccc5C8(C)C)cc4)c4ccccc34)ccc21. The van der Waals surface area contributed by atoms with Crippen LogP contribution in [0.4, 0.5) is 0 Å². The van der Waals surface area contributed by atoms with Gasteiger partial charge in [0.05, 0.1) is 0 Å². The number of hydrogen-bond acceptors (Lipinski definition) is 1. The van der Waals surface area contributed by atoms with Crippen LogP contribution in [0.1, 0.15) is 49.9 Å². The predicted octanol–water partition coefficient (Wildman–Crippen LogP) is 17.1. The summed E-state index contributed by atoms with van der Waals surface area (Å²) in [5.41, 5.74) is 18.7. The van der Waals surface area contributed by atoms with Crippen molar-refractivity contribution < 1.29 is 0 Å². The molecule has 0 unspecified atom stereocenters. The molecule has 0 bridgehead atoms. The highest BCUT2D eigenvalue weighted by Crippen LogP contribution is 2.54. The maximum Gasteiger partial charge on any atom is 0.0368 e. The fourth-order valence-corrected chi connectivity index (χ4v) is 12.7. The predicted molar refractivity (Wildman–Crippen MR) is 263 cm³/mol. The van der Waals surface area contributed by atoms with Crippen molar-refractivity contribution in [2.24, 2.45) is 0 Å². The molecule has 13 rings (SSSR count). The summed E-state index contributed by atoms with van der Waals surface area (Å²) >= 11 is 1.94. The first-order valence-corrected chi connectivity index (χ1v) is 22.4. The number of thiophene rings is 1. The number of fused-ring (bicyclic) bond motifs is 13. The van der Waals surface area contributed by atoms with Crippen molar-refractivity contribution in [1.82, 2.24) is 0 Å². The van der Waals surface area contributed by atoms with Gasteiger partial charge in [-0.3, -0.25) is 0 Å². The molecular weight excluding hydrogens is 753 g/mol. The van der Waals surface area contributed by atoms with E-state index in [0.29, 0.717) is 0 Å². The molecule has 2 aliphatic carbocycles. The van der Waals surface area contributed by atoms with Crippen LogP contribution < -0.4 is 0 Å². The van der Waals surface area contributed by atoms with Crippen LogP contribution >= 0.6 is 11.3 Å². The minimum absolute atomic E-state index is 0.0197. The molecule has 0 fully saturated rings. The quantitative estimate of drug-likeness (QED) is 0.156. The molecule has 0 N–H and O–H groups in total. The Hall–Kier alpha value is -6.80. The zero-order valence-electron chi connectivity index (χ0n) is 34.7. The summed E-state index contributed by atoms with van der Waals surface area (Å²) in [6, 6.07) is 69.0. The van der Waals surface area contributed by atoms with Gasteiger partial charge in [0.15, 0.2) is 0 Å². The summed E-state index contributed by atoms with van der Waals surface area (Å²) in [5.74, 6) is 0. The van der Waals surface area contributed by atoms with Crippen LogP contribution in [0.3, 0.4) is 0 Å². The van der Waals surface area contributed by atoms with Gasteiger partial charge in [-0.2, -0.15) is 0 Å². The van der Waals surface area contributed by atoms with Gasteiger partial charge in [-0.05, 0) is 134 Å². The molecule has 0 spiro atoms.